The summed E-state index contributed by atoms with van der Waals surface area (Å²) in [5, 5.41) is 12.3. The smallest absolute Gasteiger partial charge is 0.318 e. The molecule has 4 N–H and O–H groups in total. The van der Waals surface area contributed by atoms with Gasteiger partial charge in [0.1, 0.15) is 5.25 Å². The number of rotatable bonds is 4. The number of nitrogens with one attached hydrogen (secondary N) is 2. The third-order valence-electron chi connectivity index (χ3n) is 2.64. The first kappa shape index (κ1) is 17.0. The first-order valence-corrected chi connectivity index (χ1v) is 7.63. The van der Waals surface area contributed by atoms with Crippen LogP contribution in [0.3, 0.4) is 0 Å². The van der Waals surface area contributed by atoms with Crippen LogP contribution in [-0.4, -0.2) is 34.5 Å². The molecule has 10 heteroatoms. The summed E-state index contributed by atoms with van der Waals surface area (Å²) >= 11 is 6.82. The van der Waals surface area contributed by atoms with Crippen LogP contribution in [0.4, 0.5) is 4.79 Å². The average molecular weight is 354 g/mol. The lowest BCUT2D eigenvalue weighted by Gasteiger charge is -2.03. The minimum atomic E-state index is -0.958. The van der Waals surface area contributed by atoms with Crippen LogP contribution in [0, 0.1) is 0 Å². The summed E-state index contributed by atoms with van der Waals surface area (Å²) in [6.07, 6.45) is 1.32. The van der Waals surface area contributed by atoms with Crippen molar-refractivity contribution in [2.45, 2.75) is 11.7 Å². The second-order valence-corrected chi connectivity index (χ2v) is 6.04. The van der Waals surface area contributed by atoms with Crippen molar-refractivity contribution in [1.82, 2.24) is 10.6 Å². The second-order valence-electron chi connectivity index (χ2n) is 4.41. The first-order valence-electron chi connectivity index (χ1n) is 6.37. The van der Waals surface area contributed by atoms with Crippen LogP contribution in [0.15, 0.2) is 34.5 Å². The number of halogens is 1. The number of imide groups is 1. The minimum Gasteiger partial charge on any atom is -0.351 e. The lowest BCUT2D eigenvalue weighted by molar-refractivity contribution is -0.124. The number of hydrogen-bond acceptors (Lipinski definition) is 6. The summed E-state index contributed by atoms with van der Waals surface area (Å²) in [5.41, 5.74) is 5.63. The largest absolute Gasteiger partial charge is 0.351 e. The molecule has 0 aromatic heterocycles. The van der Waals surface area contributed by atoms with Gasteiger partial charge in [-0.25, -0.2) is 4.79 Å². The number of carbonyl (C=O) groups is 3. The topological polar surface area (TPSA) is 126 Å². The third-order valence-corrected chi connectivity index (χ3v) is 3.96. The van der Waals surface area contributed by atoms with Gasteiger partial charge in [0.05, 0.1) is 6.21 Å². The zero-order chi connectivity index (χ0) is 16.8. The number of hydrogen-bond donors (Lipinski definition) is 3. The van der Waals surface area contributed by atoms with E-state index in [-0.39, 0.29) is 17.5 Å². The Morgan fingerprint density at radius 1 is 1.39 bits per heavy atom. The van der Waals surface area contributed by atoms with Crippen molar-refractivity contribution < 1.29 is 14.4 Å². The number of carbonyl (C=O) groups excluding carboxylic acids is 3. The number of primary amides is 1. The molecule has 0 radical (unpaired) electrons. The predicted octanol–water partition coefficient (Wildman–Crippen LogP) is 0.846. The molecule has 1 aromatic rings. The van der Waals surface area contributed by atoms with Crippen LogP contribution >= 0.6 is 23.4 Å². The molecule has 0 spiro atoms. The van der Waals surface area contributed by atoms with Crippen molar-refractivity contribution in [1.29, 1.82) is 0 Å². The van der Waals surface area contributed by atoms with Crippen LogP contribution < -0.4 is 16.4 Å². The van der Waals surface area contributed by atoms with Crippen molar-refractivity contribution >= 4 is 52.6 Å². The summed E-state index contributed by atoms with van der Waals surface area (Å²) in [6.45, 7) is 0. The Kier molecular flexibility index (Phi) is 5.72. The van der Waals surface area contributed by atoms with E-state index in [9.17, 15) is 14.4 Å². The van der Waals surface area contributed by atoms with Crippen molar-refractivity contribution in [3.8, 4) is 0 Å². The quantitative estimate of drug-likeness (QED) is 0.547. The fourth-order valence-electron chi connectivity index (χ4n) is 1.64. The molecular weight excluding hydrogens is 342 g/mol. The molecule has 1 aliphatic heterocycles. The van der Waals surface area contributed by atoms with E-state index in [0.717, 1.165) is 17.3 Å². The first-order chi connectivity index (χ1) is 10.9. The van der Waals surface area contributed by atoms with E-state index >= 15 is 0 Å². The molecule has 1 saturated heterocycles. The van der Waals surface area contributed by atoms with E-state index < -0.39 is 17.2 Å². The predicted molar refractivity (Wildman–Crippen MR) is 88.3 cm³/mol. The maximum Gasteiger partial charge on any atom is 0.318 e. The monoisotopic (exact) mass is 353 g/mol. The Balaban J connectivity index is 1.92. The molecule has 4 amide bonds. The highest BCUT2D eigenvalue weighted by Gasteiger charge is 2.32. The number of nitrogens with two attached hydrogens (primary N) is 1. The van der Waals surface area contributed by atoms with Crippen LogP contribution in [0.1, 0.15) is 12.0 Å². The van der Waals surface area contributed by atoms with Crippen LogP contribution in [-0.2, 0) is 9.59 Å². The fraction of sp³-hybridized carbons (Fsp3) is 0.154. The number of urea groups is 1. The molecule has 1 aromatic carbocycles. The maximum atomic E-state index is 11.7. The van der Waals surface area contributed by atoms with Gasteiger partial charge >= 0.3 is 6.03 Å². The van der Waals surface area contributed by atoms with Crippen LogP contribution in [0.2, 0.25) is 5.02 Å². The van der Waals surface area contributed by atoms with E-state index in [1.54, 1.807) is 24.3 Å². The van der Waals surface area contributed by atoms with Gasteiger partial charge < -0.3 is 11.1 Å². The molecule has 0 saturated carbocycles. The van der Waals surface area contributed by atoms with Crippen molar-refractivity contribution in [2.75, 3.05) is 0 Å². The average Bonchev–Trinajstić information content (AvgIpc) is 2.80. The van der Waals surface area contributed by atoms with Gasteiger partial charge in [-0.1, -0.05) is 35.5 Å². The van der Waals surface area contributed by atoms with E-state index in [1.807, 2.05) is 5.32 Å². The molecule has 2 rings (SSSR count). The Bertz CT molecular complexity index is 689. The van der Waals surface area contributed by atoms with Gasteiger partial charge in [0, 0.05) is 11.4 Å². The zero-order valence-electron chi connectivity index (χ0n) is 11.7. The van der Waals surface area contributed by atoms with E-state index in [4.69, 9.17) is 17.3 Å². The summed E-state index contributed by atoms with van der Waals surface area (Å²) in [6, 6.07) is 6.01. The number of nitrogens with zero attached hydrogens (tertiary/aromatic N) is 2. The maximum absolute atomic E-state index is 11.7. The molecule has 1 heterocycles. The number of amides is 4. The van der Waals surface area contributed by atoms with E-state index in [2.05, 4.69) is 15.5 Å². The summed E-state index contributed by atoms with van der Waals surface area (Å²) < 4.78 is 0. The zero-order valence-corrected chi connectivity index (χ0v) is 13.2. The van der Waals surface area contributed by atoms with Gasteiger partial charge in [-0.3, -0.25) is 14.9 Å². The summed E-state index contributed by atoms with van der Waals surface area (Å²) in [4.78, 5) is 33.7. The normalized spacial score (nSPS) is 19.1. The second kappa shape index (κ2) is 7.75. The Morgan fingerprint density at radius 2 is 2.09 bits per heavy atom. The number of benzene rings is 1. The fourth-order valence-corrected chi connectivity index (χ4v) is 2.69. The molecule has 1 atom stereocenters. The van der Waals surface area contributed by atoms with Crippen molar-refractivity contribution in [3.63, 3.8) is 0 Å². The van der Waals surface area contributed by atoms with E-state index in [0.29, 0.717) is 5.02 Å². The molecule has 0 bridgehead atoms. The number of thioether (sulfide) groups is 1. The molecule has 8 nitrogen and oxygen atoms in total. The molecule has 0 aliphatic carbocycles. The van der Waals surface area contributed by atoms with Crippen LogP contribution in [0.25, 0.3) is 0 Å². The van der Waals surface area contributed by atoms with Gasteiger partial charge in [-0.15, -0.1) is 5.10 Å². The third kappa shape index (κ3) is 5.38. The van der Waals surface area contributed by atoms with Crippen LogP contribution in [0.5, 0.6) is 0 Å². The lowest BCUT2D eigenvalue weighted by Crippen LogP contribution is -2.37. The van der Waals surface area contributed by atoms with Gasteiger partial charge in [0.25, 0.3) is 0 Å². The molecule has 1 aliphatic rings. The lowest BCUT2D eigenvalue weighted by atomic mass is 10.2. The highest BCUT2D eigenvalue weighted by Crippen LogP contribution is 2.22. The molecule has 120 valence electrons. The molecule has 23 heavy (non-hydrogen) atoms. The Hall–Kier alpha value is -2.39. The SMILES string of the molecule is NC(=O)NC(=O)C[C@@H]1S/C(=N/N=C\c2ccc(Cl)cc2)NC1=O. The van der Waals surface area contributed by atoms with Gasteiger partial charge in [0.15, 0.2) is 5.17 Å². The van der Waals surface area contributed by atoms with Crippen molar-refractivity contribution in [2.24, 2.45) is 15.9 Å². The minimum absolute atomic E-state index is 0.181. The summed E-state index contributed by atoms with van der Waals surface area (Å²) in [7, 11) is 0. The van der Waals surface area contributed by atoms with Gasteiger partial charge in [-0.2, -0.15) is 5.10 Å². The van der Waals surface area contributed by atoms with Gasteiger partial charge in [0.2, 0.25) is 11.8 Å². The molecule has 0 unspecified atom stereocenters. The van der Waals surface area contributed by atoms with E-state index in [1.165, 1.54) is 6.21 Å². The molecule has 1 fully saturated rings. The van der Waals surface area contributed by atoms with Gasteiger partial charge in [-0.05, 0) is 17.7 Å². The standard InChI is InChI=1S/C13H12ClN5O3S/c14-8-3-1-7(2-4-8)6-16-19-13-18-11(21)9(23-13)5-10(20)17-12(15)22/h1-4,6,9H,5H2,(H,18,19,21)(H3,15,17,20,22)/b16-6-/t9-/m0/s1. The Morgan fingerprint density at radius 3 is 2.74 bits per heavy atom. The highest BCUT2D eigenvalue weighted by molar-refractivity contribution is 8.15. The summed E-state index contributed by atoms with van der Waals surface area (Å²) in [5.74, 6) is -1.01. The molecular formula is C13H12ClN5O3S. The number of amidine groups is 1. The van der Waals surface area contributed by atoms with Crippen molar-refractivity contribution in [3.05, 3.63) is 34.9 Å². The highest BCUT2D eigenvalue weighted by atomic mass is 35.5. The Labute approximate surface area is 140 Å².